The number of benzene rings is 2. The summed E-state index contributed by atoms with van der Waals surface area (Å²) >= 11 is 6.72. The van der Waals surface area contributed by atoms with E-state index < -0.39 is 5.97 Å². The average molecular weight is 416 g/mol. The zero-order chi connectivity index (χ0) is 15.4. The molecule has 6 heteroatoms. The lowest BCUT2D eigenvalue weighted by molar-refractivity contribution is 0.0594. The van der Waals surface area contributed by atoms with Gasteiger partial charge in [-0.05, 0) is 36.4 Å². The monoisotopic (exact) mass is 414 g/mol. The molecule has 0 saturated carbocycles. The Labute approximate surface area is 139 Å². The first-order valence-electron chi connectivity index (χ1n) is 5.94. The Morgan fingerprint density at radius 3 is 2.14 bits per heavy atom. The maximum Gasteiger partial charge on any atom is 0.345 e. The van der Waals surface area contributed by atoms with Crippen molar-refractivity contribution in [1.29, 1.82) is 0 Å². The zero-order valence-electron chi connectivity index (χ0n) is 11.4. The summed E-state index contributed by atoms with van der Waals surface area (Å²) in [6.45, 7) is 0. The zero-order valence-corrected chi connectivity index (χ0v) is 14.5. The van der Waals surface area contributed by atoms with Crippen molar-refractivity contribution in [3.8, 4) is 17.2 Å². The normalized spacial score (nSPS) is 10.1. The van der Waals surface area contributed by atoms with Gasteiger partial charge < -0.3 is 14.2 Å². The highest BCUT2D eigenvalue weighted by molar-refractivity contribution is 9.10. The molecule has 2 aromatic carbocycles. The number of rotatable bonds is 4. The fourth-order valence-corrected chi connectivity index (χ4v) is 2.41. The lowest BCUT2D eigenvalue weighted by Crippen LogP contribution is -2.06. The fraction of sp³-hybridized carbons (Fsp3) is 0.133. The smallest absolute Gasteiger partial charge is 0.345 e. The molecule has 0 N–H and O–H groups in total. The minimum Gasteiger partial charge on any atom is -0.496 e. The van der Waals surface area contributed by atoms with E-state index in [4.69, 9.17) is 14.2 Å². The lowest BCUT2D eigenvalue weighted by Gasteiger charge is -2.14. The van der Waals surface area contributed by atoms with Crippen molar-refractivity contribution >= 4 is 37.8 Å². The van der Waals surface area contributed by atoms with Gasteiger partial charge >= 0.3 is 5.97 Å². The van der Waals surface area contributed by atoms with Gasteiger partial charge in [0.25, 0.3) is 0 Å². The molecule has 0 heterocycles. The molecular weight excluding hydrogens is 404 g/mol. The van der Waals surface area contributed by atoms with Crippen molar-refractivity contribution in [2.45, 2.75) is 0 Å². The van der Waals surface area contributed by atoms with Crippen molar-refractivity contribution in [1.82, 2.24) is 0 Å². The second kappa shape index (κ2) is 6.95. The van der Waals surface area contributed by atoms with Crippen molar-refractivity contribution in [3.63, 3.8) is 0 Å². The number of ether oxygens (including phenoxy) is 3. The highest BCUT2D eigenvalue weighted by atomic mass is 79.9. The van der Waals surface area contributed by atoms with E-state index in [1.807, 2.05) is 12.1 Å². The summed E-state index contributed by atoms with van der Waals surface area (Å²) in [7, 11) is 2.80. The molecule has 4 nitrogen and oxygen atoms in total. The van der Waals surface area contributed by atoms with E-state index >= 15 is 0 Å². The lowest BCUT2D eigenvalue weighted by atomic mass is 10.1. The first-order chi connectivity index (χ1) is 10.0. The van der Waals surface area contributed by atoms with Crippen LogP contribution >= 0.6 is 31.9 Å². The molecule has 0 unspecified atom stereocenters. The number of halogens is 2. The van der Waals surface area contributed by atoms with Crippen LogP contribution in [0, 0.1) is 0 Å². The number of hydrogen-bond acceptors (Lipinski definition) is 4. The third kappa shape index (κ3) is 3.77. The van der Waals surface area contributed by atoms with Crippen LogP contribution in [0.5, 0.6) is 17.2 Å². The predicted molar refractivity (Wildman–Crippen MR) is 86.2 cm³/mol. The predicted octanol–water partition coefficient (Wildman–Crippen LogP) is 4.80. The molecule has 0 radical (unpaired) electrons. The Balaban J connectivity index is 2.48. The summed E-state index contributed by atoms with van der Waals surface area (Å²) in [4.78, 5) is 12.0. The minimum atomic E-state index is -0.522. The maximum atomic E-state index is 12.0. The summed E-state index contributed by atoms with van der Waals surface area (Å²) in [6, 6.07) is 10.7. The van der Waals surface area contributed by atoms with Crippen LogP contribution in [0.15, 0.2) is 45.3 Å². The summed E-state index contributed by atoms with van der Waals surface area (Å²) in [5, 5.41) is 0. The molecule has 0 bridgehead atoms. The van der Waals surface area contributed by atoms with Gasteiger partial charge in [0.15, 0.2) is 0 Å². The van der Waals surface area contributed by atoms with Crippen LogP contribution in [0.2, 0.25) is 0 Å². The molecule has 21 heavy (non-hydrogen) atoms. The Bertz CT molecular complexity index is 653. The molecule has 0 amide bonds. The van der Waals surface area contributed by atoms with Crippen LogP contribution in [-0.4, -0.2) is 20.2 Å². The average Bonchev–Trinajstić information content (AvgIpc) is 2.48. The van der Waals surface area contributed by atoms with Crippen molar-refractivity contribution in [2.24, 2.45) is 0 Å². The van der Waals surface area contributed by atoms with Crippen LogP contribution < -0.4 is 9.47 Å². The Morgan fingerprint density at radius 2 is 1.57 bits per heavy atom. The van der Waals surface area contributed by atoms with E-state index in [1.54, 1.807) is 24.3 Å². The van der Waals surface area contributed by atoms with Crippen molar-refractivity contribution in [3.05, 3.63) is 50.9 Å². The third-order valence-electron chi connectivity index (χ3n) is 2.68. The Hall–Kier alpha value is -1.53. The molecular formula is C15H12Br2O4. The second-order valence-corrected chi connectivity index (χ2v) is 5.86. The summed E-state index contributed by atoms with van der Waals surface area (Å²) in [5.41, 5.74) is 0.242. The largest absolute Gasteiger partial charge is 0.496 e. The van der Waals surface area contributed by atoms with Gasteiger partial charge in [0.2, 0.25) is 0 Å². The molecule has 0 aliphatic rings. The van der Waals surface area contributed by atoms with Gasteiger partial charge in [0, 0.05) is 8.95 Å². The van der Waals surface area contributed by atoms with Gasteiger partial charge in [0.05, 0.1) is 14.2 Å². The number of esters is 1. The van der Waals surface area contributed by atoms with E-state index in [9.17, 15) is 4.79 Å². The Kier molecular flexibility index (Phi) is 5.25. The van der Waals surface area contributed by atoms with E-state index in [0.29, 0.717) is 17.2 Å². The van der Waals surface area contributed by atoms with Gasteiger partial charge in [-0.25, -0.2) is 4.79 Å². The SMILES string of the molecule is COC(=O)c1c(OC)cc(Br)cc1Oc1ccc(Br)cc1. The second-order valence-electron chi connectivity index (χ2n) is 4.03. The van der Waals surface area contributed by atoms with Crippen LogP contribution in [-0.2, 0) is 4.74 Å². The van der Waals surface area contributed by atoms with E-state index in [1.165, 1.54) is 14.2 Å². The minimum absolute atomic E-state index is 0.242. The summed E-state index contributed by atoms with van der Waals surface area (Å²) < 4.78 is 17.5. The third-order valence-corrected chi connectivity index (χ3v) is 3.67. The van der Waals surface area contributed by atoms with Gasteiger partial charge in [-0.2, -0.15) is 0 Å². The molecule has 0 spiro atoms. The van der Waals surface area contributed by atoms with Gasteiger partial charge in [-0.3, -0.25) is 0 Å². The van der Waals surface area contributed by atoms with Crippen molar-refractivity contribution < 1.29 is 19.0 Å². The highest BCUT2D eigenvalue weighted by Crippen LogP contribution is 2.36. The first kappa shape index (κ1) is 15.9. The molecule has 110 valence electrons. The maximum absolute atomic E-state index is 12.0. The molecule has 2 rings (SSSR count). The Morgan fingerprint density at radius 1 is 0.952 bits per heavy atom. The van der Waals surface area contributed by atoms with Crippen molar-refractivity contribution in [2.75, 3.05) is 14.2 Å². The molecule has 0 aliphatic carbocycles. The number of methoxy groups -OCH3 is 2. The summed E-state index contributed by atoms with van der Waals surface area (Å²) in [6.07, 6.45) is 0. The standard InChI is InChI=1S/C15H12Br2O4/c1-19-12-7-10(17)8-13(14(12)15(18)20-2)21-11-5-3-9(16)4-6-11/h3-8H,1-2H3. The van der Waals surface area contributed by atoms with Crippen LogP contribution in [0.4, 0.5) is 0 Å². The van der Waals surface area contributed by atoms with E-state index in [-0.39, 0.29) is 5.56 Å². The fourth-order valence-electron chi connectivity index (χ4n) is 1.73. The topological polar surface area (TPSA) is 44.8 Å². The van der Waals surface area contributed by atoms with E-state index in [2.05, 4.69) is 31.9 Å². The van der Waals surface area contributed by atoms with Gasteiger partial charge in [0.1, 0.15) is 22.8 Å². The first-order valence-corrected chi connectivity index (χ1v) is 7.53. The van der Waals surface area contributed by atoms with Crippen LogP contribution in [0.25, 0.3) is 0 Å². The molecule has 0 atom stereocenters. The summed E-state index contributed by atoms with van der Waals surface area (Å²) in [5.74, 6) is 0.814. The van der Waals surface area contributed by atoms with Crippen LogP contribution in [0.3, 0.4) is 0 Å². The quantitative estimate of drug-likeness (QED) is 0.673. The van der Waals surface area contributed by atoms with Gasteiger partial charge in [-0.15, -0.1) is 0 Å². The molecule has 0 fully saturated rings. The van der Waals surface area contributed by atoms with Crippen LogP contribution in [0.1, 0.15) is 10.4 Å². The molecule has 2 aromatic rings. The number of hydrogen-bond donors (Lipinski definition) is 0. The van der Waals surface area contributed by atoms with E-state index in [0.717, 1.165) is 8.95 Å². The van der Waals surface area contributed by atoms with Gasteiger partial charge in [-0.1, -0.05) is 31.9 Å². The molecule has 0 aromatic heterocycles. The molecule has 0 aliphatic heterocycles. The highest BCUT2D eigenvalue weighted by Gasteiger charge is 2.21. The number of carbonyl (C=O) groups is 1. The molecule has 0 saturated heterocycles. The number of carbonyl (C=O) groups excluding carboxylic acids is 1.